The van der Waals surface area contributed by atoms with E-state index < -0.39 is 0 Å². The number of H-pyrrole nitrogens is 2. The number of imidazole rings is 1. The van der Waals surface area contributed by atoms with Crippen molar-refractivity contribution < 1.29 is 0 Å². The summed E-state index contributed by atoms with van der Waals surface area (Å²) in [6.45, 7) is 1.94. The van der Waals surface area contributed by atoms with Gasteiger partial charge in [-0.1, -0.05) is 6.92 Å². The van der Waals surface area contributed by atoms with E-state index in [0.717, 1.165) is 5.69 Å². The third-order valence-corrected chi connectivity index (χ3v) is 2.81. The Kier molecular flexibility index (Phi) is 2.68. The van der Waals surface area contributed by atoms with Crippen LogP contribution in [-0.2, 0) is 6.42 Å². The molecule has 2 rings (SSSR count). The van der Waals surface area contributed by atoms with Crippen molar-refractivity contribution in [3.05, 3.63) is 32.9 Å². The van der Waals surface area contributed by atoms with Crippen molar-refractivity contribution in [3.8, 4) is 11.6 Å². The molecule has 6 heteroatoms. The standard InChI is InChI=1S/C9H9BrN4O/c1-2-5-6(10)9(15)14-8(13-5)7-11-3-4-12-7/h3-4H,2H2,1H3,(H,11,12)(H,13,14,15). The van der Waals surface area contributed by atoms with Crippen LogP contribution in [0.1, 0.15) is 12.6 Å². The van der Waals surface area contributed by atoms with Crippen molar-refractivity contribution in [2.75, 3.05) is 0 Å². The van der Waals surface area contributed by atoms with Gasteiger partial charge in [0.2, 0.25) is 0 Å². The molecule has 0 fully saturated rings. The van der Waals surface area contributed by atoms with Gasteiger partial charge in [0, 0.05) is 12.4 Å². The molecule has 2 heterocycles. The lowest BCUT2D eigenvalue weighted by atomic mass is 10.3. The predicted molar refractivity (Wildman–Crippen MR) is 59.5 cm³/mol. The summed E-state index contributed by atoms with van der Waals surface area (Å²) in [5, 5.41) is 0. The maximum absolute atomic E-state index is 11.5. The third-order valence-electron chi connectivity index (χ3n) is 1.99. The first-order valence-electron chi connectivity index (χ1n) is 4.50. The number of hydrogen-bond donors (Lipinski definition) is 2. The number of nitrogens with zero attached hydrogens (tertiary/aromatic N) is 2. The normalized spacial score (nSPS) is 10.5. The molecule has 0 bridgehead atoms. The van der Waals surface area contributed by atoms with E-state index in [1.54, 1.807) is 12.4 Å². The van der Waals surface area contributed by atoms with E-state index in [9.17, 15) is 4.79 Å². The lowest BCUT2D eigenvalue weighted by molar-refractivity contribution is 0.959. The van der Waals surface area contributed by atoms with Crippen molar-refractivity contribution >= 4 is 15.9 Å². The largest absolute Gasteiger partial charge is 0.342 e. The highest BCUT2D eigenvalue weighted by Gasteiger charge is 2.09. The van der Waals surface area contributed by atoms with E-state index in [-0.39, 0.29) is 5.56 Å². The van der Waals surface area contributed by atoms with E-state index in [0.29, 0.717) is 22.5 Å². The van der Waals surface area contributed by atoms with E-state index in [4.69, 9.17) is 0 Å². The Balaban J connectivity index is 2.61. The molecule has 15 heavy (non-hydrogen) atoms. The van der Waals surface area contributed by atoms with Crippen molar-refractivity contribution in [3.63, 3.8) is 0 Å². The van der Waals surface area contributed by atoms with Gasteiger partial charge in [0.15, 0.2) is 11.6 Å². The van der Waals surface area contributed by atoms with Crippen LogP contribution in [-0.4, -0.2) is 19.9 Å². The molecule has 0 aliphatic rings. The second kappa shape index (κ2) is 3.98. The van der Waals surface area contributed by atoms with Crippen LogP contribution in [0.25, 0.3) is 11.6 Å². The van der Waals surface area contributed by atoms with Crippen LogP contribution in [0.2, 0.25) is 0 Å². The SMILES string of the molecule is CCc1nc(-c2ncc[nH]2)[nH]c(=O)c1Br. The van der Waals surface area contributed by atoms with Gasteiger partial charge in [0.25, 0.3) is 5.56 Å². The summed E-state index contributed by atoms with van der Waals surface area (Å²) in [6, 6.07) is 0. The lowest BCUT2D eigenvalue weighted by Crippen LogP contribution is -2.13. The van der Waals surface area contributed by atoms with Crippen LogP contribution in [0.5, 0.6) is 0 Å². The molecular formula is C9H9BrN4O. The molecule has 0 aliphatic carbocycles. The summed E-state index contributed by atoms with van der Waals surface area (Å²) in [6.07, 6.45) is 3.99. The summed E-state index contributed by atoms with van der Waals surface area (Å²) in [5.74, 6) is 1.03. The van der Waals surface area contributed by atoms with E-state index in [1.807, 2.05) is 6.92 Å². The minimum Gasteiger partial charge on any atom is -0.342 e. The average Bonchev–Trinajstić information content (AvgIpc) is 2.75. The van der Waals surface area contributed by atoms with Gasteiger partial charge in [-0.25, -0.2) is 9.97 Å². The Hall–Kier alpha value is -1.43. The second-order valence-corrected chi connectivity index (χ2v) is 3.76. The molecule has 0 amide bonds. The van der Waals surface area contributed by atoms with E-state index in [1.165, 1.54) is 0 Å². The minimum atomic E-state index is -0.187. The summed E-state index contributed by atoms with van der Waals surface area (Å²) in [4.78, 5) is 25.4. The number of aromatic amines is 2. The molecule has 0 aromatic carbocycles. The van der Waals surface area contributed by atoms with Gasteiger partial charge in [0.05, 0.1) is 5.69 Å². The van der Waals surface area contributed by atoms with Crippen molar-refractivity contribution in [1.29, 1.82) is 0 Å². The van der Waals surface area contributed by atoms with Gasteiger partial charge in [0.1, 0.15) is 4.47 Å². The molecule has 5 nitrogen and oxygen atoms in total. The highest BCUT2D eigenvalue weighted by Crippen LogP contribution is 2.13. The monoisotopic (exact) mass is 268 g/mol. The fourth-order valence-electron chi connectivity index (χ4n) is 1.25. The number of hydrogen-bond acceptors (Lipinski definition) is 3. The van der Waals surface area contributed by atoms with Crippen LogP contribution < -0.4 is 5.56 Å². The molecule has 2 aromatic rings. The van der Waals surface area contributed by atoms with Gasteiger partial charge < -0.3 is 9.97 Å². The number of aryl methyl sites for hydroxylation is 1. The lowest BCUT2D eigenvalue weighted by Gasteiger charge is -2.02. The Morgan fingerprint density at radius 1 is 1.47 bits per heavy atom. The number of aromatic nitrogens is 4. The molecule has 0 atom stereocenters. The van der Waals surface area contributed by atoms with Gasteiger partial charge in [-0.2, -0.15) is 0 Å². The molecule has 0 saturated heterocycles. The smallest absolute Gasteiger partial charge is 0.265 e. The van der Waals surface area contributed by atoms with Gasteiger partial charge in [-0.05, 0) is 22.4 Å². The first-order chi connectivity index (χ1) is 7.22. The quantitative estimate of drug-likeness (QED) is 0.867. The van der Waals surface area contributed by atoms with Crippen LogP contribution in [0, 0.1) is 0 Å². The number of halogens is 1. The maximum atomic E-state index is 11.5. The molecule has 0 saturated carbocycles. The first kappa shape index (κ1) is 10.1. The highest BCUT2D eigenvalue weighted by molar-refractivity contribution is 9.10. The Labute approximate surface area is 94.1 Å². The summed E-state index contributed by atoms with van der Waals surface area (Å²) >= 11 is 3.20. The fourth-order valence-corrected chi connectivity index (χ4v) is 1.71. The maximum Gasteiger partial charge on any atom is 0.265 e. The van der Waals surface area contributed by atoms with E-state index in [2.05, 4.69) is 35.9 Å². The molecular weight excluding hydrogens is 260 g/mol. The Morgan fingerprint density at radius 2 is 2.27 bits per heavy atom. The topological polar surface area (TPSA) is 74.4 Å². The third kappa shape index (κ3) is 1.85. The van der Waals surface area contributed by atoms with Crippen LogP contribution in [0.4, 0.5) is 0 Å². The fraction of sp³-hybridized carbons (Fsp3) is 0.222. The zero-order chi connectivity index (χ0) is 10.8. The molecule has 2 aromatic heterocycles. The predicted octanol–water partition coefficient (Wildman–Crippen LogP) is 1.48. The van der Waals surface area contributed by atoms with Gasteiger partial charge >= 0.3 is 0 Å². The molecule has 2 N–H and O–H groups in total. The van der Waals surface area contributed by atoms with Crippen LogP contribution in [0.3, 0.4) is 0 Å². The highest BCUT2D eigenvalue weighted by atomic mass is 79.9. The number of rotatable bonds is 2. The van der Waals surface area contributed by atoms with Crippen molar-refractivity contribution in [2.45, 2.75) is 13.3 Å². The first-order valence-corrected chi connectivity index (χ1v) is 5.30. The van der Waals surface area contributed by atoms with Gasteiger partial charge in [-0.15, -0.1) is 0 Å². The Bertz CT molecular complexity index is 517. The molecule has 0 spiro atoms. The molecule has 0 radical (unpaired) electrons. The summed E-state index contributed by atoms with van der Waals surface area (Å²) in [5.41, 5.74) is 0.540. The molecule has 78 valence electrons. The average molecular weight is 269 g/mol. The van der Waals surface area contributed by atoms with Gasteiger partial charge in [-0.3, -0.25) is 4.79 Å². The minimum absolute atomic E-state index is 0.187. The van der Waals surface area contributed by atoms with Crippen LogP contribution in [0.15, 0.2) is 21.7 Å². The molecule has 0 aliphatic heterocycles. The molecule has 0 unspecified atom stereocenters. The Morgan fingerprint density at radius 3 is 2.87 bits per heavy atom. The summed E-state index contributed by atoms with van der Waals surface area (Å²) < 4.78 is 0.486. The van der Waals surface area contributed by atoms with E-state index >= 15 is 0 Å². The number of nitrogens with one attached hydrogen (secondary N) is 2. The van der Waals surface area contributed by atoms with Crippen molar-refractivity contribution in [2.24, 2.45) is 0 Å². The second-order valence-electron chi connectivity index (χ2n) is 2.97. The zero-order valence-corrected chi connectivity index (χ0v) is 9.63. The summed E-state index contributed by atoms with van der Waals surface area (Å²) in [7, 11) is 0. The van der Waals surface area contributed by atoms with Crippen molar-refractivity contribution in [1.82, 2.24) is 19.9 Å². The zero-order valence-electron chi connectivity index (χ0n) is 8.04. The van der Waals surface area contributed by atoms with Crippen LogP contribution >= 0.6 is 15.9 Å².